The van der Waals surface area contributed by atoms with Crippen LogP contribution in [0.25, 0.3) is 0 Å². The van der Waals surface area contributed by atoms with Gasteiger partial charge in [0.05, 0.1) is 5.69 Å². The summed E-state index contributed by atoms with van der Waals surface area (Å²) in [7, 11) is 0. The first-order valence-electron chi connectivity index (χ1n) is 4.80. The SMILES string of the molecule is Nc1cc(Cl)nc(Nc2cc(F)cc(F)c2F)c1. The number of nitrogens with one attached hydrogen (secondary N) is 1. The van der Waals surface area contributed by atoms with Crippen LogP contribution >= 0.6 is 11.6 Å². The fourth-order valence-corrected chi connectivity index (χ4v) is 1.58. The lowest BCUT2D eigenvalue weighted by atomic mass is 10.2. The molecular weight excluding hydrogens is 267 g/mol. The average molecular weight is 274 g/mol. The molecule has 1 aromatic carbocycles. The van der Waals surface area contributed by atoms with E-state index in [4.69, 9.17) is 17.3 Å². The van der Waals surface area contributed by atoms with Gasteiger partial charge in [0.25, 0.3) is 0 Å². The Kier molecular flexibility index (Phi) is 3.29. The van der Waals surface area contributed by atoms with E-state index in [1.54, 1.807) is 0 Å². The van der Waals surface area contributed by atoms with Crippen molar-refractivity contribution < 1.29 is 13.2 Å². The number of nitrogens with zero attached hydrogens (tertiary/aromatic N) is 1. The minimum Gasteiger partial charge on any atom is -0.399 e. The highest BCUT2D eigenvalue weighted by Gasteiger charge is 2.12. The molecule has 0 aliphatic carbocycles. The monoisotopic (exact) mass is 273 g/mol. The minimum absolute atomic E-state index is 0.0785. The molecule has 0 atom stereocenters. The highest BCUT2D eigenvalue weighted by Crippen LogP contribution is 2.24. The van der Waals surface area contributed by atoms with E-state index in [1.807, 2.05) is 0 Å². The Labute approximate surface area is 105 Å². The summed E-state index contributed by atoms with van der Waals surface area (Å²) in [5.74, 6) is -3.33. The van der Waals surface area contributed by atoms with Crippen LogP contribution in [-0.4, -0.2) is 4.98 Å². The van der Waals surface area contributed by atoms with Crippen LogP contribution in [0.15, 0.2) is 24.3 Å². The van der Waals surface area contributed by atoms with Gasteiger partial charge in [-0.2, -0.15) is 0 Å². The van der Waals surface area contributed by atoms with Gasteiger partial charge in [0.1, 0.15) is 16.8 Å². The molecule has 1 heterocycles. The number of aromatic nitrogens is 1. The van der Waals surface area contributed by atoms with Gasteiger partial charge in [-0.3, -0.25) is 0 Å². The smallest absolute Gasteiger partial charge is 0.182 e. The predicted molar refractivity (Wildman–Crippen MR) is 63.3 cm³/mol. The van der Waals surface area contributed by atoms with E-state index in [0.717, 1.165) is 6.07 Å². The molecule has 94 valence electrons. The standard InChI is InChI=1S/C11H7ClF3N3/c12-9-3-6(16)4-10(18-9)17-8-2-5(13)1-7(14)11(8)15/h1-4H,(H3,16,17,18). The molecule has 0 spiro atoms. The average Bonchev–Trinajstić information content (AvgIpc) is 2.23. The first-order valence-corrected chi connectivity index (χ1v) is 5.18. The van der Waals surface area contributed by atoms with Crippen molar-refractivity contribution in [3.8, 4) is 0 Å². The van der Waals surface area contributed by atoms with Crippen LogP contribution in [0, 0.1) is 17.5 Å². The lowest BCUT2D eigenvalue weighted by Crippen LogP contribution is -2.00. The third-order valence-corrected chi connectivity index (χ3v) is 2.27. The summed E-state index contributed by atoms with van der Waals surface area (Å²) < 4.78 is 39.3. The molecule has 3 nitrogen and oxygen atoms in total. The second-order valence-electron chi connectivity index (χ2n) is 3.48. The van der Waals surface area contributed by atoms with Gasteiger partial charge in [0, 0.05) is 23.9 Å². The summed E-state index contributed by atoms with van der Waals surface area (Å²) in [4.78, 5) is 3.79. The molecule has 0 aliphatic heterocycles. The maximum atomic E-state index is 13.4. The third-order valence-electron chi connectivity index (χ3n) is 2.07. The molecule has 1 aromatic heterocycles. The molecule has 2 aromatic rings. The number of nitrogens with two attached hydrogens (primary N) is 1. The number of halogens is 4. The van der Waals surface area contributed by atoms with Gasteiger partial charge in [-0.15, -0.1) is 0 Å². The quantitative estimate of drug-likeness (QED) is 0.651. The van der Waals surface area contributed by atoms with Crippen LogP contribution in [-0.2, 0) is 0 Å². The number of hydrogen-bond donors (Lipinski definition) is 2. The number of nitrogen functional groups attached to an aromatic ring is 1. The molecule has 0 radical (unpaired) electrons. The highest BCUT2D eigenvalue weighted by atomic mass is 35.5. The predicted octanol–water partition coefficient (Wildman–Crippen LogP) is 3.48. The zero-order chi connectivity index (χ0) is 13.3. The van der Waals surface area contributed by atoms with Gasteiger partial charge in [0.15, 0.2) is 11.6 Å². The van der Waals surface area contributed by atoms with Gasteiger partial charge >= 0.3 is 0 Å². The number of pyridine rings is 1. The normalized spacial score (nSPS) is 10.4. The Bertz CT molecular complexity index is 584. The molecule has 0 unspecified atom stereocenters. The van der Waals surface area contributed by atoms with Gasteiger partial charge in [-0.1, -0.05) is 11.6 Å². The summed E-state index contributed by atoms with van der Waals surface area (Å²) in [5, 5.41) is 2.48. The van der Waals surface area contributed by atoms with E-state index in [9.17, 15) is 13.2 Å². The molecule has 7 heteroatoms. The van der Waals surface area contributed by atoms with Crippen molar-refractivity contribution >= 4 is 28.8 Å². The Morgan fingerprint density at radius 1 is 1.11 bits per heavy atom. The van der Waals surface area contributed by atoms with E-state index in [1.165, 1.54) is 12.1 Å². The summed E-state index contributed by atoms with van der Waals surface area (Å²) in [6.45, 7) is 0. The lowest BCUT2D eigenvalue weighted by Gasteiger charge is -2.08. The van der Waals surface area contributed by atoms with Gasteiger partial charge in [-0.25, -0.2) is 18.2 Å². The van der Waals surface area contributed by atoms with Crippen molar-refractivity contribution in [2.75, 3.05) is 11.1 Å². The van der Waals surface area contributed by atoms with Crippen LogP contribution < -0.4 is 11.1 Å². The van der Waals surface area contributed by atoms with Crippen molar-refractivity contribution in [1.82, 2.24) is 4.98 Å². The van der Waals surface area contributed by atoms with Gasteiger partial charge in [0.2, 0.25) is 0 Å². The molecule has 2 rings (SSSR count). The van der Waals surface area contributed by atoms with Crippen molar-refractivity contribution in [2.24, 2.45) is 0 Å². The van der Waals surface area contributed by atoms with Crippen molar-refractivity contribution in [1.29, 1.82) is 0 Å². The Hall–Kier alpha value is -1.95. The van der Waals surface area contributed by atoms with E-state index >= 15 is 0 Å². The van der Waals surface area contributed by atoms with E-state index in [0.29, 0.717) is 6.07 Å². The van der Waals surface area contributed by atoms with Crippen molar-refractivity contribution in [3.63, 3.8) is 0 Å². The fourth-order valence-electron chi connectivity index (χ4n) is 1.37. The van der Waals surface area contributed by atoms with Gasteiger partial charge in [-0.05, 0) is 6.07 Å². The van der Waals surface area contributed by atoms with E-state index in [-0.39, 0.29) is 22.3 Å². The molecule has 0 aliphatic rings. The van der Waals surface area contributed by atoms with Crippen molar-refractivity contribution in [3.05, 3.63) is 46.9 Å². The number of hydrogen-bond acceptors (Lipinski definition) is 3. The lowest BCUT2D eigenvalue weighted by molar-refractivity contribution is 0.498. The maximum absolute atomic E-state index is 13.4. The van der Waals surface area contributed by atoms with Gasteiger partial charge < -0.3 is 11.1 Å². The third kappa shape index (κ3) is 2.65. The second-order valence-corrected chi connectivity index (χ2v) is 3.87. The molecule has 0 bridgehead atoms. The fraction of sp³-hybridized carbons (Fsp3) is 0. The summed E-state index contributed by atoms with van der Waals surface area (Å²) in [6.07, 6.45) is 0. The highest BCUT2D eigenvalue weighted by molar-refractivity contribution is 6.29. The van der Waals surface area contributed by atoms with Crippen LogP contribution in [0.4, 0.5) is 30.4 Å². The minimum atomic E-state index is -1.30. The number of anilines is 3. The summed E-state index contributed by atoms with van der Waals surface area (Å²) in [6, 6.07) is 3.99. The molecular formula is C11H7ClF3N3. The number of rotatable bonds is 2. The largest absolute Gasteiger partial charge is 0.399 e. The number of benzene rings is 1. The zero-order valence-corrected chi connectivity index (χ0v) is 9.60. The molecule has 18 heavy (non-hydrogen) atoms. The van der Waals surface area contributed by atoms with E-state index in [2.05, 4.69) is 10.3 Å². The Morgan fingerprint density at radius 3 is 2.50 bits per heavy atom. The summed E-state index contributed by atoms with van der Waals surface area (Å²) >= 11 is 5.65. The van der Waals surface area contributed by atoms with Crippen LogP contribution in [0.1, 0.15) is 0 Å². The second kappa shape index (κ2) is 4.73. The topological polar surface area (TPSA) is 50.9 Å². The van der Waals surface area contributed by atoms with Crippen molar-refractivity contribution in [2.45, 2.75) is 0 Å². The first kappa shape index (κ1) is 12.5. The van der Waals surface area contributed by atoms with Crippen LogP contribution in [0.5, 0.6) is 0 Å². The van der Waals surface area contributed by atoms with E-state index < -0.39 is 17.5 Å². The molecule has 0 saturated carbocycles. The first-order chi connectivity index (χ1) is 8.45. The molecule has 3 N–H and O–H groups in total. The maximum Gasteiger partial charge on any atom is 0.182 e. The summed E-state index contributed by atoms with van der Waals surface area (Å²) in [5.41, 5.74) is 5.40. The Balaban J connectivity index is 2.39. The van der Waals surface area contributed by atoms with Crippen LogP contribution in [0.2, 0.25) is 5.15 Å². The Morgan fingerprint density at radius 2 is 1.83 bits per heavy atom. The molecule has 0 amide bonds. The molecule has 0 saturated heterocycles. The van der Waals surface area contributed by atoms with Crippen LogP contribution in [0.3, 0.4) is 0 Å². The zero-order valence-electron chi connectivity index (χ0n) is 8.85. The molecule has 0 fully saturated rings.